The van der Waals surface area contributed by atoms with Crippen molar-refractivity contribution in [3.8, 4) is 0 Å². The Kier molecular flexibility index (Phi) is 8.68. The maximum absolute atomic E-state index is 6.67. The van der Waals surface area contributed by atoms with Crippen molar-refractivity contribution in [2.24, 2.45) is 0 Å². The lowest BCUT2D eigenvalue weighted by Gasteiger charge is -2.40. The molecular formula is C24H38O2Si2-2. The lowest BCUT2D eigenvalue weighted by molar-refractivity contribution is 0.153. The third-order valence-corrected chi connectivity index (χ3v) is 8.70. The first-order chi connectivity index (χ1) is 13.2. The highest BCUT2D eigenvalue weighted by Gasteiger charge is 2.18. The third kappa shape index (κ3) is 8.04. The Labute approximate surface area is 174 Å². The van der Waals surface area contributed by atoms with Gasteiger partial charge >= 0.3 is 0 Å². The molecule has 0 saturated carbocycles. The predicted octanol–water partition coefficient (Wildman–Crippen LogP) is 7.73. The molecule has 0 saturated heterocycles. The second-order valence-electron chi connectivity index (χ2n) is 9.19. The molecule has 0 aliphatic heterocycles. The Morgan fingerprint density at radius 3 is 1.50 bits per heavy atom. The SMILES string of the molecule is CC[Si-](C)(C)OC(CCCC(O[Si-](C)(C)C)c1ccccc1)c1ccccc1. The molecule has 0 spiro atoms. The highest BCUT2D eigenvalue weighted by Crippen LogP contribution is 2.32. The van der Waals surface area contributed by atoms with Crippen molar-refractivity contribution in [2.75, 3.05) is 0 Å². The minimum absolute atomic E-state index is 0.181. The van der Waals surface area contributed by atoms with Crippen LogP contribution in [0.3, 0.4) is 0 Å². The van der Waals surface area contributed by atoms with E-state index in [1.54, 1.807) is 0 Å². The van der Waals surface area contributed by atoms with Gasteiger partial charge in [-0.2, -0.15) is 0 Å². The molecule has 0 aromatic heterocycles. The minimum Gasteiger partial charge on any atom is -0.559 e. The van der Waals surface area contributed by atoms with Crippen LogP contribution in [0.15, 0.2) is 60.7 Å². The zero-order chi connectivity index (χ0) is 20.6. The van der Waals surface area contributed by atoms with Gasteiger partial charge in [0, 0.05) is 12.2 Å². The summed E-state index contributed by atoms with van der Waals surface area (Å²) in [4.78, 5) is 0. The van der Waals surface area contributed by atoms with E-state index in [9.17, 15) is 0 Å². The Morgan fingerprint density at radius 1 is 0.679 bits per heavy atom. The molecule has 2 unspecified atom stereocenters. The van der Waals surface area contributed by atoms with E-state index in [1.165, 1.54) is 11.1 Å². The summed E-state index contributed by atoms with van der Waals surface area (Å²) < 4.78 is 13.2. The monoisotopic (exact) mass is 414 g/mol. The largest absolute Gasteiger partial charge is 0.559 e. The molecule has 2 aromatic rings. The number of hydrogen-bond acceptors (Lipinski definition) is 2. The Bertz CT molecular complexity index is 681. The van der Waals surface area contributed by atoms with Gasteiger partial charge in [-0.3, -0.25) is 0 Å². The van der Waals surface area contributed by atoms with Crippen molar-refractivity contribution in [2.45, 2.75) is 77.2 Å². The first-order valence-electron chi connectivity index (χ1n) is 10.7. The summed E-state index contributed by atoms with van der Waals surface area (Å²) in [5.74, 6) is 0. The summed E-state index contributed by atoms with van der Waals surface area (Å²) in [6, 6.07) is 22.6. The van der Waals surface area contributed by atoms with E-state index in [0.29, 0.717) is 0 Å². The van der Waals surface area contributed by atoms with E-state index >= 15 is 0 Å². The van der Waals surface area contributed by atoms with E-state index in [4.69, 9.17) is 8.85 Å². The quantitative estimate of drug-likeness (QED) is 0.350. The predicted molar refractivity (Wildman–Crippen MR) is 126 cm³/mol. The second-order valence-corrected chi connectivity index (χ2v) is 18.1. The molecule has 0 fully saturated rings. The van der Waals surface area contributed by atoms with E-state index in [1.807, 2.05) is 0 Å². The van der Waals surface area contributed by atoms with Gasteiger partial charge in [0.15, 0.2) is 0 Å². The summed E-state index contributed by atoms with van der Waals surface area (Å²) in [6.07, 6.45) is 3.54. The van der Waals surface area contributed by atoms with Gasteiger partial charge in [-0.05, 0) is 47.0 Å². The van der Waals surface area contributed by atoms with Gasteiger partial charge in [0.05, 0.1) is 0 Å². The molecule has 2 rings (SSSR count). The van der Waals surface area contributed by atoms with Crippen LogP contribution >= 0.6 is 0 Å². The molecule has 0 aliphatic carbocycles. The van der Waals surface area contributed by atoms with E-state index in [0.717, 1.165) is 25.3 Å². The fourth-order valence-electron chi connectivity index (χ4n) is 3.31. The van der Waals surface area contributed by atoms with Crippen LogP contribution in [0.1, 0.15) is 49.5 Å². The Hall–Kier alpha value is -1.21. The molecule has 156 valence electrons. The van der Waals surface area contributed by atoms with Crippen molar-refractivity contribution in [3.05, 3.63) is 71.8 Å². The van der Waals surface area contributed by atoms with Crippen LogP contribution in [0.4, 0.5) is 0 Å². The first kappa shape index (κ1) is 23.1. The van der Waals surface area contributed by atoms with Gasteiger partial charge in [0.1, 0.15) is 0 Å². The maximum atomic E-state index is 6.67. The molecule has 28 heavy (non-hydrogen) atoms. The topological polar surface area (TPSA) is 18.5 Å². The van der Waals surface area contributed by atoms with Crippen LogP contribution in [0.25, 0.3) is 0 Å². The molecular weight excluding hydrogens is 376 g/mol. The number of hydrogen-bond donors (Lipinski definition) is 0. The van der Waals surface area contributed by atoms with Crippen LogP contribution in [0, 0.1) is 0 Å². The van der Waals surface area contributed by atoms with Crippen LogP contribution < -0.4 is 0 Å². The summed E-state index contributed by atoms with van der Waals surface area (Å²) in [5.41, 5.74) is 2.60. The van der Waals surface area contributed by atoms with Gasteiger partial charge in [-0.25, -0.2) is 0 Å². The Balaban J connectivity index is 2.07. The molecule has 2 nitrogen and oxygen atoms in total. The summed E-state index contributed by atoms with van der Waals surface area (Å²) >= 11 is 0. The van der Waals surface area contributed by atoms with Crippen LogP contribution in [-0.2, 0) is 8.85 Å². The van der Waals surface area contributed by atoms with E-state index in [2.05, 4.69) is 100 Å². The Morgan fingerprint density at radius 2 is 1.11 bits per heavy atom. The minimum atomic E-state index is -1.63. The fourth-order valence-corrected chi connectivity index (χ4v) is 5.60. The standard InChI is InChI=1S/C24H38O2Si2/c1-7-28(5,6)26-24(22-17-12-9-13-18-22)20-14-19-23(25-27(2,3)4)21-15-10-8-11-16-21/h8-13,15-18,23-24H,7,14,19-20H2,1-6H3/q-2. The molecule has 0 amide bonds. The average molecular weight is 415 g/mol. The lowest BCUT2D eigenvalue weighted by atomic mass is 9.99. The first-order valence-corrected chi connectivity index (χ1v) is 17.2. The highest BCUT2D eigenvalue weighted by molar-refractivity contribution is 6.71. The second kappa shape index (κ2) is 10.5. The molecule has 0 heterocycles. The number of rotatable bonds is 11. The summed E-state index contributed by atoms with van der Waals surface area (Å²) in [5, 5.41) is 0. The van der Waals surface area contributed by atoms with Crippen LogP contribution in [0.2, 0.25) is 38.8 Å². The van der Waals surface area contributed by atoms with Crippen molar-refractivity contribution in [3.63, 3.8) is 0 Å². The number of benzene rings is 2. The summed E-state index contributed by atoms with van der Waals surface area (Å²) in [7, 11) is -3.24. The van der Waals surface area contributed by atoms with Crippen molar-refractivity contribution >= 4 is 16.6 Å². The van der Waals surface area contributed by atoms with Crippen molar-refractivity contribution in [1.29, 1.82) is 0 Å². The maximum Gasteiger partial charge on any atom is 0.0415 e. The van der Waals surface area contributed by atoms with E-state index in [-0.39, 0.29) is 12.2 Å². The van der Waals surface area contributed by atoms with Crippen LogP contribution in [0.5, 0.6) is 0 Å². The molecule has 0 aliphatic rings. The summed E-state index contributed by atoms with van der Waals surface area (Å²) in [6.45, 7) is 13.7. The highest BCUT2D eigenvalue weighted by atomic mass is 28.4. The van der Waals surface area contributed by atoms with Crippen molar-refractivity contribution < 1.29 is 8.85 Å². The molecule has 0 radical (unpaired) electrons. The van der Waals surface area contributed by atoms with Gasteiger partial charge < -0.3 is 8.85 Å². The van der Waals surface area contributed by atoms with Crippen LogP contribution in [-0.4, -0.2) is 16.6 Å². The molecule has 4 heteroatoms. The zero-order valence-corrected chi connectivity index (χ0v) is 20.6. The normalized spacial score (nSPS) is 14.6. The van der Waals surface area contributed by atoms with Gasteiger partial charge in [0.25, 0.3) is 0 Å². The van der Waals surface area contributed by atoms with E-state index < -0.39 is 16.6 Å². The lowest BCUT2D eigenvalue weighted by Crippen LogP contribution is -2.31. The smallest absolute Gasteiger partial charge is 0.0415 e. The average Bonchev–Trinajstić information content (AvgIpc) is 2.67. The van der Waals surface area contributed by atoms with Crippen molar-refractivity contribution in [1.82, 2.24) is 0 Å². The molecule has 0 bridgehead atoms. The van der Waals surface area contributed by atoms with Gasteiger partial charge in [-0.1, -0.05) is 67.6 Å². The fraction of sp³-hybridized carbons (Fsp3) is 0.500. The third-order valence-electron chi connectivity index (χ3n) is 5.08. The molecule has 2 aromatic carbocycles. The zero-order valence-electron chi connectivity index (χ0n) is 18.6. The molecule has 0 N–H and O–H groups in total. The van der Waals surface area contributed by atoms with Gasteiger partial charge in [-0.15, -0.1) is 38.8 Å². The molecule has 2 atom stereocenters. The van der Waals surface area contributed by atoms with Gasteiger partial charge in [0.2, 0.25) is 0 Å².